The van der Waals surface area contributed by atoms with Crippen molar-refractivity contribution in [2.75, 3.05) is 25.6 Å². The average molecular weight is 639 g/mol. The van der Waals surface area contributed by atoms with Crippen molar-refractivity contribution in [3.05, 3.63) is 81.7 Å². The zero-order valence-electron chi connectivity index (χ0n) is 24.1. The Morgan fingerprint density at radius 2 is 1.98 bits per heavy atom. The number of fused-ring (bicyclic) bond motifs is 4. The van der Waals surface area contributed by atoms with E-state index in [1.807, 2.05) is 6.92 Å². The standard InChI is InChI=1S/C32H30Cl2FN5O4/c1-32(31(42)37-20-6-3-5-19(33)12-20)26(21-7-4-8-24(34)27(21)35)23-15-40-29(44-16-25(23)39(32)14-17-9-10-17)22-11-18(30(41)43-2)13-36-28(22)38-40/h3-8,11-13,17,23,25-26H,9-10,14-16H2,1-2H3,(H,37,42)/t23-,25+,26+,32-/m1/s1. The summed E-state index contributed by atoms with van der Waals surface area (Å²) in [6, 6.07) is 13.3. The lowest BCUT2D eigenvalue weighted by Crippen LogP contribution is -2.57. The maximum atomic E-state index is 16.0. The summed E-state index contributed by atoms with van der Waals surface area (Å²) in [5, 5.41) is 8.85. The molecule has 2 aliphatic heterocycles. The van der Waals surface area contributed by atoms with E-state index in [2.05, 4.69) is 15.2 Å². The number of hydrogen-bond acceptors (Lipinski definition) is 7. The molecule has 0 unspecified atom stereocenters. The molecule has 0 spiro atoms. The zero-order chi connectivity index (χ0) is 30.7. The lowest BCUT2D eigenvalue weighted by Gasteiger charge is -2.40. The van der Waals surface area contributed by atoms with Crippen molar-refractivity contribution in [3.63, 3.8) is 0 Å². The predicted molar refractivity (Wildman–Crippen MR) is 164 cm³/mol. The number of rotatable bonds is 6. The molecule has 0 radical (unpaired) electrons. The average Bonchev–Trinajstić information content (AvgIpc) is 3.76. The number of carbonyl (C=O) groups excluding carboxylic acids is 2. The van der Waals surface area contributed by atoms with Gasteiger partial charge in [0.2, 0.25) is 11.8 Å². The van der Waals surface area contributed by atoms with Crippen LogP contribution in [0, 0.1) is 17.7 Å². The zero-order valence-corrected chi connectivity index (χ0v) is 25.6. The molecule has 4 heterocycles. The van der Waals surface area contributed by atoms with Crippen LogP contribution in [-0.2, 0) is 16.1 Å². The molecule has 4 aromatic rings. The molecule has 12 heteroatoms. The fourth-order valence-corrected chi connectivity index (χ4v) is 7.36. The second-order valence-electron chi connectivity index (χ2n) is 11.9. The van der Waals surface area contributed by atoms with E-state index in [4.69, 9.17) is 37.8 Å². The highest BCUT2D eigenvalue weighted by Gasteiger charge is 2.62. The minimum Gasteiger partial charge on any atom is -0.476 e. The highest BCUT2D eigenvalue weighted by molar-refractivity contribution is 6.31. The Morgan fingerprint density at radius 1 is 1.18 bits per heavy atom. The third-order valence-electron chi connectivity index (χ3n) is 9.28. The monoisotopic (exact) mass is 637 g/mol. The molecule has 3 aliphatic rings. The Bertz CT molecular complexity index is 1800. The van der Waals surface area contributed by atoms with Crippen LogP contribution in [-0.4, -0.2) is 63.4 Å². The van der Waals surface area contributed by atoms with E-state index in [1.165, 1.54) is 19.4 Å². The van der Waals surface area contributed by atoms with E-state index in [9.17, 15) is 9.59 Å². The maximum absolute atomic E-state index is 16.0. The van der Waals surface area contributed by atoms with Crippen LogP contribution < -0.4 is 10.1 Å². The largest absolute Gasteiger partial charge is 0.476 e. The molecule has 1 amide bonds. The van der Waals surface area contributed by atoms with E-state index in [-0.39, 0.29) is 35.1 Å². The van der Waals surface area contributed by atoms with E-state index in [0.29, 0.717) is 52.2 Å². The Labute approximate surface area is 263 Å². The third-order valence-corrected chi connectivity index (χ3v) is 9.81. The molecular weight excluding hydrogens is 608 g/mol. The summed E-state index contributed by atoms with van der Waals surface area (Å²) >= 11 is 12.6. The number of carbonyl (C=O) groups is 2. The Hall–Kier alpha value is -3.73. The second kappa shape index (κ2) is 11.0. The highest BCUT2D eigenvalue weighted by Crippen LogP contribution is 2.54. The number of methoxy groups -OCH3 is 1. The normalized spacial score (nSPS) is 24.7. The van der Waals surface area contributed by atoms with Gasteiger partial charge in [-0.25, -0.2) is 18.9 Å². The fourth-order valence-electron chi connectivity index (χ4n) is 6.99. The lowest BCUT2D eigenvalue weighted by molar-refractivity contribution is -0.127. The van der Waals surface area contributed by atoms with Crippen LogP contribution in [0.25, 0.3) is 11.0 Å². The molecule has 2 fully saturated rings. The number of halogens is 3. The molecular formula is C32H30Cl2FN5O4. The van der Waals surface area contributed by atoms with Crippen molar-refractivity contribution in [1.29, 1.82) is 0 Å². The van der Waals surface area contributed by atoms with Gasteiger partial charge in [0.05, 0.1) is 29.1 Å². The van der Waals surface area contributed by atoms with E-state index in [0.717, 1.165) is 12.8 Å². The molecule has 2 aromatic carbocycles. The van der Waals surface area contributed by atoms with Gasteiger partial charge in [0.25, 0.3) is 0 Å². The summed E-state index contributed by atoms with van der Waals surface area (Å²) in [6.45, 7) is 3.08. The van der Waals surface area contributed by atoms with Crippen molar-refractivity contribution in [3.8, 4) is 5.88 Å². The molecule has 1 saturated carbocycles. The first-order valence-corrected chi connectivity index (χ1v) is 15.3. The van der Waals surface area contributed by atoms with E-state index in [1.54, 1.807) is 47.1 Å². The van der Waals surface area contributed by atoms with Crippen LogP contribution in [0.4, 0.5) is 10.1 Å². The van der Waals surface area contributed by atoms with Gasteiger partial charge in [-0.1, -0.05) is 41.4 Å². The summed E-state index contributed by atoms with van der Waals surface area (Å²) < 4.78 is 29.1. The van der Waals surface area contributed by atoms with Gasteiger partial charge in [-0.3, -0.25) is 9.69 Å². The molecule has 1 aliphatic carbocycles. The molecule has 0 bridgehead atoms. The topological polar surface area (TPSA) is 98.6 Å². The molecule has 1 N–H and O–H groups in total. The predicted octanol–water partition coefficient (Wildman–Crippen LogP) is 5.95. The van der Waals surface area contributed by atoms with Crippen LogP contribution in [0.3, 0.4) is 0 Å². The van der Waals surface area contributed by atoms with Crippen LogP contribution in [0.1, 0.15) is 41.6 Å². The first-order valence-electron chi connectivity index (χ1n) is 14.5. The van der Waals surface area contributed by atoms with Gasteiger partial charge in [-0.2, -0.15) is 0 Å². The fraction of sp³-hybridized carbons (Fsp3) is 0.375. The van der Waals surface area contributed by atoms with E-state index >= 15 is 4.39 Å². The number of amides is 1. The Morgan fingerprint density at radius 3 is 2.73 bits per heavy atom. The smallest absolute Gasteiger partial charge is 0.339 e. The maximum Gasteiger partial charge on any atom is 0.339 e. The Balaban J connectivity index is 1.36. The van der Waals surface area contributed by atoms with Gasteiger partial charge in [0, 0.05) is 41.8 Å². The van der Waals surface area contributed by atoms with E-state index < -0.39 is 23.2 Å². The molecule has 4 atom stereocenters. The van der Waals surface area contributed by atoms with Crippen LogP contribution >= 0.6 is 23.2 Å². The second-order valence-corrected chi connectivity index (χ2v) is 12.8. The minimum absolute atomic E-state index is 0.00720. The minimum atomic E-state index is -1.19. The summed E-state index contributed by atoms with van der Waals surface area (Å²) in [7, 11) is 1.31. The number of pyridine rings is 1. The quantitative estimate of drug-likeness (QED) is 0.261. The molecule has 1 saturated heterocycles. The number of nitrogens with zero attached hydrogens (tertiary/aromatic N) is 4. The molecule has 7 rings (SSSR count). The number of hydrogen-bond donors (Lipinski definition) is 1. The van der Waals surface area contributed by atoms with Crippen molar-refractivity contribution in [2.24, 2.45) is 11.8 Å². The molecule has 2 aromatic heterocycles. The van der Waals surface area contributed by atoms with Crippen molar-refractivity contribution in [2.45, 2.75) is 43.8 Å². The van der Waals surface area contributed by atoms with Crippen molar-refractivity contribution < 1.29 is 23.5 Å². The first-order chi connectivity index (χ1) is 21.2. The summed E-state index contributed by atoms with van der Waals surface area (Å²) in [6.07, 6.45) is 3.54. The number of benzene rings is 2. The number of anilines is 1. The molecule has 9 nitrogen and oxygen atoms in total. The van der Waals surface area contributed by atoms with Gasteiger partial charge >= 0.3 is 5.97 Å². The molecule has 44 heavy (non-hydrogen) atoms. The number of esters is 1. The van der Waals surface area contributed by atoms with Crippen LogP contribution in [0.15, 0.2) is 54.7 Å². The van der Waals surface area contributed by atoms with Gasteiger partial charge in [0.15, 0.2) is 5.65 Å². The summed E-state index contributed by atoms with van der Waals surface area (Å²) in [5.74, 6) is -1.36. The third kappa shape index (κ3) is 4.80. The number of nitrogens with one attached hydrogen (secondary N) is 1. The van der Waals surface area contributed by atoms with Crippen LogP contribution in [0.2, 0.25) is 10.0 Å². The van der Waals surface area contributed by atoms with Crippen molar-refractivity contribution >= 4 is 51.8 Å². The van der Waals surface area contributed by atoms with Gasteiger partial charge in [-0.15, -0.1) is 5.10 Å². The Kier molecular flexibility index (Phi) is 7.26. The first kappa shape index (κ1) is 29.0. The number of likely N-dealkylation sites (tertiary alicyclic amines) is 1. The summed E-state index contributed by atoms with van der Waals surface area (Å²) in [5.41, 5.74) is 0.419. The van der Waals surface area contributed by atoms with Gasteiger partial charge in [-0.05, 0) is 61.6 Å². The lowest BCUT2D eigenvalue weighted by atomic mass is 9.74. The van der Waals surface area contributed by atoms with Crippen LogP contribution in [0.5, 0.6) is 5.88 Å². The van der Waals surface area contributed by atoms with Crippen molar-refractivity contribution in [1.82, 2.24) is 19.7 Å². The number of aromatic nitrogens is 3. The highest BCUT2D eigenvalue weighted by atomic mass is 35.5. The summed E-state index contributed by atoms with van der Waals surface area (Å²) in [4.78, 5) is 33.3. The molecule has 228 valence electrons. The van der Waals surface area contributed by atoms with Gasteiger partial charge in [0.1, 0.15) is 18.0 Å². The number of ether oxygens (including phenoxy) is 2. The SMILES string of the molecule is COC(=O)c1cnc2nn3c(c2c1)OC[C@H]1[C@@H](C3)[C@H](c2cccc(Cl)c2F)[C@](C)(C(=O)Nc2cccc(Cl)c2)N1CC1CC1. The van der Waals surface area contributed by atoms with Gasteiger partial charge < -0.3 is 14.8 Å².